The molecule has 7 heteroatoms. The molecule has 0 saturated heterocycles. The third kappa shape index (κ3) is 2.01. The Kier molecular flexibility index (Phi) is 3.14. The van der Waals surface area contributed by atoms with Gasteiger partial charge >= 0.3 is 0 Å². The molecule has 2 aliphatic rings. The number of benzene rings is 2. The number of aryl methyl sites for hydroxylation is 1. The van der Waals surface area contributed by atoms with Crippen molar-refractivity contribution in [3.8, 4) is 0 Å². The van der Waals surface area contributed by atoms with Crippen molar-refractivity contribution in [2.24, 2.45) is 0 Å². The van der Waals surface area contributed by atoms with Gasteiger partial charge in [0.1, 0.15) is 11.2 Å². The molecule has 0 saturated carbocycles. The number of sulfonamides is 1. The van der Waals surface area contributed by atoms with Gasteiger partial charge in [0.05, 0.1) is 5.56 Å². The first-order valence-electron chi connectivity index (χ1n) is 7.26. The van der Waals surface area contributed by atoms with Crippen molar-refractivity contribution >= 4 is 15.9 Å². The zero-order valence-corrected chi connectivity index (χ0v) is 13.5. The van der Waals surface area contributed by atoms with E-state index in [9.17, 15) is 13.2 Å². The fraction of sp³-hybridized carbons (Fsp3) is 0.118. The van der Waals surface area contributed by atoms with Crippen LogP contribution in [0.2, 0.25) is 0 Å². The van der Waals surface area contributed by atoms with Gasteiger partial charge in [-0.2, -0.15) is 4.31 Å². The molecule has 1 atom stereocenters. The molecule has 2 heterocycles. The lowest BCUT2D eigenvalue weighted by Crippen LogP contribution is -2.29. The van der Waals surface area contributed by atoms with E-state index in [2.05, 4.69) is 0 Å². The summed E-state index contributed by atoms with van der Waals surface area (Å²) in [6.07, 6.45) is 0.381. The normalized spacial score (nSPS) is 21.0. The number of ether oxygens (including phenoxy) is 2. The van der Waals surface area contributed by atoms with Crippen LogP contribution in [-0.2, 0) is 19.5 Å². The first kappa shape index (κ1) is 14.8. The molecule has 1 unspecified atom stereocenters. The molecule has 0 spiro atoms. The summed E-state index contributed by atoms with van der Waals surface area (Å²) < 4.78 is 36.9. The van der Waals surface area contributed by atoms with Gasteiger partial charge in [0.2, 0.25) is 0 Å². The first-order chi connectivity index (χ1) is 11.5. The highest BCUT2D eigenvalue weighted by Gasteiger charge is 2.46. The van der Waals surface area contributed by atoms with Crippen LogP contribution in [-0.4, -0.2) is 18.6 Å². The molecule has 0 aromatic heterocycles. The summed E-state index contributed by atoms with van der Waals surface area (Å²) in [5.41, 5.74) is 1.84. The molecule has 122 valence electrons. The summed E-state index contributed by atoms with van der Waals surface area (Å²) >= 11 is 0. The van der Waals surface area contributed by atoms with Crippen LogP contribution in [0.3, 0.4) is 0 Å². The van der Waals surface area contributed by atoms with Gasteiger partial charge in [-0.05, 0) is 24.6 Å². The molecule has 0 bridgehead atoms. The number of carbonyl (C=O) groups is 1. The molecule has 1 amide bonds. The average molecular weight is 343 g/mol. The zero-order chi connectivity index (χ0) is 16.9. The molecule has 6 nitrogen and oxygen atoms in total. The molecular weight excluding hydrogens is 330 g/mol. The SMILES string of the molecule is Cc1ccccc1C1OC=C(N2C(=O)c3ccccc3S2(=O)=O)O1. The first-order valence-corrected chi connectivity index (χ1v) is 8.70. The van der Waals surface area contributed by atoms with Crippen LogP contribution in [0.1, 0.15) is 27.8 Å². The molecule has 24 heavy (non-hydrogen) atoms. The van der Waals surface area contributed by atoms with Crippen LogP contribution in [0.5, 0.6) is 0 Å². The van der Waals surface area contributed by atoms with Gasteiger partial charge in [0, 0.05) is 5.56 Å². The number of rotatable bonds is 2. The van der Waals surface area contributed by atoms with Crippen LogP contribution in [0.25, 0.3) is 0 Å². The van der Waals surface area contributed by atoms with E-state index in [1.54, 1.807) is 12.1 Å². The minimum Gasteiger partial charge on any atom is -0.453 e. The second-order valence-electron chi connectivity index (χ2n) is 5.47. The predicted octanol–water partition coefficient (Wildman–Crippen LogP) is 2.68. The zero-order valence-electron chi connectivity index (χ0n) is 12.7. The van der Waals surface area contributed by atoms with Crippen molar-refractivity contribution in [1.82, 2.24) is 4.31 Å². The van der Waals surface area contributed by atoms with Gasteiger partial charge in [0.25, 0.3) is 28.1 Å². The van der Waals surface area contributed by atoms with E-state index in [1.807, 2.05) is 31.2 Å². The minimum absolute atomic E-state index is 0.0289. The Morgan fingerprint density at radius 2 is 1.75 bits per heavy atom. The average Bonchev–Trinajstić information content (AvgIpc) is 3.10. The van der Waals surface area contributed by atoms with Crippen molar-refractivity contribution < 1.29 is 22.7 Å². The van der Waals surface area contributed by atoms with Gasteiger partial charge in [-0.3, -0.25) is 4.79 Å². The summed E-state index contributed by atoms with van der Waals surface area (Å²) in [7, 11) is -3.98. The van der Waals surface area contributed by atoms with Crippen LogP contribution in [0.15, 0.2) is 65.6 Å². The van der Waals surface area contributed by atoms with Crippen LogP contribution in [0, 0.1) is 6.92 Å². The quantitative estimate of drug-likeness (QED) is 0.838. The molecule has 4 rings (SSSR count). The van der Waals surface area contributed by atoms with E-state index >= 15 is 0 Å². The summed E-state index contributed by atoms with van der Waals surface area (Å²) in [5, 5.41) is 0. The van der Waals surface area contributed by atoms with Crippen LogP contribution >= 0.6 is 0 Å². The summed E-state index contributed by atoms with van der Waals surface area (Å²) in [6.45, 7) is 1.90. The Balaban J connectivity index is 1.67. The van der Waals surface area contributed by atoms with E-state index in [0.717, 1.165) is 11.1 Å². The van der Waals surface area contributed by atoms with Gasteiger partial charge in [-0.25, -0.2) is 8.42 Å². The number of fused-ring (bicyclic) bond motifs is 1. The monoisotopic (exact) mass is 343 g/mol. The van der Waals surface area contributed by atoms with Crippen molar-refractivity contribution in [2.75, 3.05) is 0 Å². The highest BCUT2D eigenvalue weighted by Crippen LogP contribution is 2.38. The number of nitrogens with zero attached hydrogens (tertiary/aromatic N) is 1. The van der Waals surface area contributed by atoms with Gasteiger partial charge in [-0.1, -0.05) is 36.4 Å². The summed E-state index contributed by atoms with van der Waals surface area (Å²) in [6, 6.07) is 13.5. The van der Waals surface area contributed by atoms with Crippen molar-refractivity contribution in [1.29, 1.82) is 0 Å². The lowest BCUT2D eigenvalue weighted by atomic mass is 10.1. The summed E-state index contributed by atoms with van der Waals surface area (Å²) in [5.74, 6) is -0.782. The number of carbonyl (C=O) groups excluding carboxylic acids is 1. The van der Waals surface area contributed by atoms with Crippen LogP contribution in [0.4, 0.5) is 0 Å². The van der Waals surface area contributed by atoms with E-state index in [4.69, 9.17) is 9.47 Å². The van der Waals surface area contributed by atoms with Gasteiger partial charge in [0.15, 0.2) is 0 Å². The minimum atomic E-state index is -3.98. The maximum Gasteiger partial charge on any atom is 0.276 e. The Morgan fingerprint density at radius 3 is 2.50 bits per heavy atom. The van der Waals surface area contributed by atoms with Gasteiger partial charge in [-0.15, -0.1) is 0 Å². The summed E-state index contributed by atoms with van der Waals surface area (Å²) in [4.78, 5) is 12.5. The maximum atomic E-state index is 12.6. The lowest BCUT2D eigenvalue weighted by molar-refractivity contribution is -0.0433. The highest BCUT2D eigenvalue weighted by molar-refractivity contribution is 7.90. The Labute approximate surface area is 139 Å². The molecule has 0 radical (unpaired) electrons. The highest BCUT2D eigenvalue weighted by atomic mass is 32.2. The number of hydrogen-bond donors (Lipinski definition) is 0. The van der Waals surface area contributed by atoms with Gasteiger partial charge < -0.3 is 9.47 Å². The largest absolute Gasteiger partial charge is 0.453 e. The maximum absolute atomic E-state index is 12.6. The second-order valence-corrected chi connectivity index (χ2v) is 7.22. The molecule has 0 aliphatic carbocycles. The lowest BCUT2D eigenvalue weighted by Gasteiger charge is -2.18. The molecular formula is C17H13NO5S. The van der Waals surface area contributed by atoms with E-state index in [1.165, 1.54) is 18.4 Å². The van der Waals surface area contributed by atoms with Crippen molar-refractivity contribution in [3.63, 3.8) is 0 Å². The fourth-order valence-electron chi connectivity index (χ4n) is 2.77. The molecule has 2 aromatic rings. The second kappa shape index (κ2) is 5.10. The number of hydrogen-bond acceptors (Lipinski definition) is 5. The standard InChI is InChI=1S/C17H13NO5S/c1-11-6-2-3-7-12(11)17-22-10-15(23-17)18-16(19)13-8-4-5-9-14(13)24(18,20)21/h2-10,17H,1H3. The smallest absolute Gasteiger partial charge is 0.276 e. The van der Waals surface area contributed by atoms with Crippen molar-refractivity contribution in [2.45, 2.75) is 18.1 Å². The molecule has 2 aliphatic heterocycles. The number of amides is 1. The molecule has 0 fully saturated rings. The van der Waals surface area contributed by atoms with E-state index < -0.39 is 22.2 Å². The predicted molar refractivity (Wildman–Crippen MR) is 84.0 cm³/mol. The Morgan fingerprint density at radius 1 is 1.04 bits per heavy atom. The van der Waals surface area contributed by atoms with Crippen molar-refractivity contribution in [3.05, 3.63) is 77.4 Å². The fourth-order valence-corrected chi connectivity index (χ4v) is 4.29. The third-order valence-electron chi connectivity index (χ3n) is 3.98. The third-order valence-corrected chi connectivity index (χ3v) is 5.72. The molecule has 2 aromatic carbocycles. The molecule has 0 N–H and O–H groups in total. The van der Waals surface area contributed by atoms with E-state index in [-0.39, 0.29) is 16.3 Å². The Bertz CT molecular complexity index is 980. The van der Waals surface area contributed by atoms with Crippen LogP contribution < -0.4 is 0 Å². The van der Waals surface area contributed by atoms with E-state index in [0.29, 0.717) is 4.31 Å². The topological polar surface area (TPSA) is 72.9 Å². The Hall–Kier alpha value is -2.80.